The van der Waals surface area contributed by atoms with E-state index in [0.29, 0.717) is 17.5 Å². The Morgan fingerprint density at radius 1 is 1.43 bits per heavy atom. The summed E-state index contributed by atoms with van der Waals surface area (Å²) in [7, 11) is 0. The van der Waals surface area contributed by atoms with Crippen molar-refractivity contribution in [1.82, 2.24) is 4.90 Å². The second kappa shape index (κ2) is 5.84. The van der Waals surface area contributed by atoms with E-state index in [1.165, 1.54) is 6.07 Å². The van der Waals surface area contributed by atoms with Crippen LogP contribution in [0.15, 0.2) is 18.2 Å². The number of carboxylic acid groups (broad SMARTS) is 1. The van der Waals surface area contributed by atoms with Gasteiger partial charge in [0.2, 0.25) is 5.91 Å². The minimum atomic E-state index is -0.917. The van der Waals surface area contributed by atoms with Crippen molar-refractivity contribution in [2.45, 2.75) is 45.7 Å². The van der Waals surface area contributed by atoms with E-state index in [4.69, 9.17) is 0 Å². The van der Waals surface area contributed by atoms with Gasteiger partial charge in [-0.2, -0.15) is 0 Å². The quantitative estimate of drug-likeness (QED) is 0.932. The molecule has 1 aromatic carbocycles. The molecule has 2 unspecified atom stereocenters. The van der Waals surface area contributed by atoms with Crippen molar-refractivity contribution < 1.29 is 19.1 Å². The number of hydrogen-bond acceptors (Lipinski definition) is 2. The molecule has 1 amide bonds. The lowest BCUT2D eigenvalue weighted by atomic mass is 9.83. The van der Waals surface area contributed by atoms with E-state index in [-0.39, 0.29) is 24.2 Å². The Bertz CT molecular complexity index is 571. The van der Waals surface area contributed by atoms with Crippen LogP contribution < -0.4 is 0 Å². The molecule has 0 bridgehead atoms. The van der Waals surface area contributed by atoms with Crippen LogP contribution in [-0.4, -0.2) is 27.9 Å². The maximum absolute atomic E-state index is 13.5. The first-order valence-corrected chi connectivity index (χ1v) is 7.13. The number of piperidine rings is 1. The van der Waals surface area contributed by atoms with Gasteiger partial charge < -0.3 is 10.0 Å². The summed E-state index contributed by atoms with van der Waals surface area (Å²) in [6.07, 6.45) is 0.560. The number of likely N-dealkylation sites (tertiary alicyclic amines) is 1. The van der Waals surface area contributed by atoms with Crippen LogP contribution in [0.3, 0.4) is 0 Å². The van der Waals surface area contributed by atoms with E-state index in [0.717, 1.165) is 0 Å². The number of carbonyl (C=O) groups excluding carboxylic acids is 1. The summed E-state index contributed by atoms with van der Waals surface area (Å²) >= 11 is 0. The molecular formula is C16H20FNO3. The standard InChI is InChI=1S/C16H20FNO3/c1-9(2)18-14(19)7-5-12(16(20)21)15(18)11-4-6-13(17)10(3)8-11/h4,6,8-9,12,15H,5,7H2,1-3H3,(H,20,21). The summed E-state index contributed by atoms with van der Waals surface area (Å²) in [4.78, 5) is 25.4. The number of rotatable bonds is 3. The molecule has 114 valence electrons. The fourth-order valence-electron chi connectivity index (χ4n) is 3.03. The zero-order chi connectivity index (χ0) is 15.7. The number of benzene rings is 1. The van der Waals surface area contributed by atoms with Crippen molar-refractivity contribution in [3.63, 3.8) is 0 Å². The van der Waals surface area contributed by atoms with Crippen LogP contribution in [0.5, 0.6) is 0 Å². The summed E-state index contributed by atoms with van der Waals surface area (Å²) in [6, 6.07) is 3.92. The van der Waals surface area contributed by atoms with Crippen LogP contribution in [0.2, 0.25) is 0 Å². The van der Waals surface area contributed by atoms with Crippen LogP contribution in [0, 0.1) is 18.7 Å². The Morgan fingerprint density at radius 3 is 2.62 bits per heavy atom. The summed E-state index contributed by atoms with van der Waals surface area (Å²) < 4.78 is 13.5. The van der Waals surface area contributed by atoms with Gasteiger partial charge in [-0.3, -0.25) is 9.59 Å². The van der Waals surface area contributed by atoms with Gasteiger partial charge in [0.15, 0.2) is 0 Å². The smallest absolute Gasteiger partial charge is 0.308 e. The predicted octanol–water partition coefficient (Wildman–Crippen LogP) is 2.91. The van der Waals surface area contributed by atoms with Gasteiger partial charge in [-0.25, -0.2) is 4.39 Å². The maximum Gasteiger partial charge on any atom is 0.308 e. The normalized spacial score (nSPS) is 22.7. The average molecular weight is 293 g/mol. The van der Waals surface area contributed by atoms with Crippen LogP contribution in [0.25, 0.3) is 0 Å². The molecule has 1 heterocycles. The monoisotopic (exact) mass is 293 g/mol. The molecule has 0 spiro atoms. The van der Waals surface area contributed by atoms with Crippen molar-refractivity contribution in [3.05, 3.63) is 35.1 Å². The van der Waals surface area contributed by atoms with Gasteiger partial charge in [0.05, 0.1) is 12.0 Å². The van der Waals surface area contributed by atoms with Crippen molar-refractivity contribution in [2.75, 3.05) is 0 Å². The molecule has 1 N–H and O–H groups in total. The molecule has 0 aromatic heterocycles. The van der Waals surface area contributed by atoms with Crippen LogP contribution in [0.1, 0.15) is 43.9 Å². The maximum atomic E-state index is 13.5. The van der Waals surface area contributed by atoms with Crippen LogP contribution in [0.4, 0.5) is 4.39 Å². The van der Waals surface area contributed by atoms with Crippen LogP contribution in [-0.2, 0) is 9.59 Å². The highest BCUT2D eigenvalue weighted by atomic mass is 19.1. The van der Waals surface area contributed by atoms with Gasteiger partial charge in [-0.1, -0.05) is 12.1 Å². The van der Waals surface area contributed by atoms with Crippen LogP contribution >= 0.6 is 0 Å². The molecule has 2 atom stereocenters. The highest BCUT2D eigenvalue weighted by Gasteiger charge is 2.41. The number of aryl methyl sites for hydroxylation is 1. The van der Waals surface area contributed by atoms with Gasteiger partial charge in [0, 0.05) is 12.5 Å². The Morgan fingerprint density at radius 2 is 2.10 bits per heavy atom. The number of carboxylic acids is 1. The summed E-state index contributed by atoms with van der Waals surface area (Å²) in [6.45, 7) is 5.37. The number of nitrogens with zero attached hydrogens (tertiary/aromatic N) is 1. The largest absolute Gasteiger partial charge is 0.481 e. The minimum absolute atomic E-state index is 0.0468. The topological polar surface area (TPSA) is 57.6 Å². The second-order valence-electron chi connectivity index (χ2n) is 5.83. The van der Waals surface area contributed by atoms with Gasteiger partial charge in [0.1, 0.15) is 5.82 Å². The molecule has 0 saturated carbocycles. The fraction of sp³-hybridized carbons (Fsp3) is 0.500. The number of aliphatic carboxylic acids is 1. The lowest BCUT2D eigenvalue weighted by Crippen LogP contribution is -2.48. The number of hydrogen-bond donors (Lipinski definition) is 1. The molecule has 21 heavy (non-hydrogen) atoms. The molecule has 2 rings (SSSR count). The molecule has 1 aromatic rings. The molecule has 1 aliphatic rings. The third-order valence-electron chi connectivity index (χ3n) is 4.04. The summed E-state index contributed by atoms with van der Waals surface area (Å²) in [5.74, 6) is -1.95. The number of carbonyl (C=O) groups is 2. The Hall–Kier alpha value is -1.91. The zero-order valence-corrected chi connectivity index (χ0v) is 12.5. The summed E-state index contributed by atoms with van der Waals surface area (Å²) in [5, 5.41) is 9.47. The summed E-state index contributed by atoms with van der Waals surface area (Å²) in [5.41, 5.74) is 1.14. The number of halogens is 1. The first-order chi connectivity index (χ1) is 9.82. The molecule has 0 aliphatic carbocycles. The van der Waals surface area contributed by atoms with Gasteiger partial charge in [0.25, 0.3) is 0 Å². The zero-order valence-electron chi connectivity index (χ0n) is 12.5. The SMILES string of the molecule is Cc1cc(C2C(C(=O)O)CCC(=O)N2C(C)C)ccc1F. The lowest BCUT2D eigenvalue weighted by Gasteiger charge is -2.42. The average Bonchev–Trinajstić information content (AvgIpc) is 2.40. The van der Waals surface area contributed by atoms with E-state index < -0.39 is 17.9 Å². The van der Waals surface area contributed by atoms with E-state index in [1.807, 2.05) is 13.8 Å². The predicted molar refractivity (Wildman–Crippen MR) is 76.2 cm³/mol. The van der Waals surface area contributed by atoms with Crippen molar-refractivity contribution in [1.29, 1.82) is 0 Å². The van der Waals surface area contributed by atoms with Crippen molar-refractivity contribution in [2.24, 2.45) is 5.92 Å². The van der Waals surface area contributed by atoms with E-state index in [2.05, 4.69) is 0 Å². The van der Waals surface area contributed by atoms with Gasteiger partial charge in [-0.15, -0.1) is 0 Å². The molecule has 0 radical (unpaired) electrons. The van der Waals surface area contributed by atoms with E-state index >= 15 is 0 Å². The lowest BCUT2D eigenvalue weighted by molar-refractivity contribution is -0.153. The Kier molecular flexibility index (Phi) is 4.30. The molecule has 4 nitrogen and oxygen atoms in total. The highest BCUT2D eigenvalue weighted by molar-refractivity contribution is 5.82. The molecule has 1 fully saturated rings. The highest BCUT2D eigenvalue weighted by Crippen LogP contribution is 2.38. The van der Waals surface area contributed by atoms with E-state index in [9.17, 15) is 19.1 Å². The first kappa shape index (κ1) is 15.5. The van der Waals surface area contributed by atoms with Crippen molar-refractivity contribution in [3.8, 4) is 0 Å². The molecule has 5 heteroatoms. The third kappa shape index (κ3) is 2.91. The Labute approximate surface area is 123 Å². The molecular weight excluding hydrogens is 273 g/mol. The third-order valence-corrected chi connectivity index (χ3v) is 4.04. The molecule has 1 saturated heterocycles. The Balaban J connectivity index is 2.51. The number of amides is 1. The van der Waals surface area contributed by atoms with E-state index in [1.54, 1.807) is 24.0 Å². The fourth-order valence-corrected chi connectivity index (χ4v) is 3.03. The minimum Gasteiger partial charge on any atom is -0.481 e. The van der Waals surface area contributed by atoms with Gasteiger partial charge >= 0.3 is 5.97 Å². The second-order valence-corrected chi connectivity index (χ2v) is 5.83. The first-order valence-electron chi connectivity index (χ1n) is 7.13. The van der Waals surface area contributed by atoms with Gasteiger partial charge in [-0.05, 0) is 44.4 Å². The van der Waals surface area contributed by atoms with Crippen molar-refractivity contribution >= 4 is 11.9 Å². The molecule has 1 aliphatic heterocycles.